The van der Waals surface area contributed by atoms with Gasteiger partial charge in [0.25, 0.3) is 0 Å². The number of nitrogens with one attached hydrogen (secondary N) is 1. The zero-order valence-electron chi connectivity index (χ0n) is 9.76. The fraction of sp³-hybridized carbons (Fsp3) is 0.636. The number of rotatable bonds is 3. The molecule has 1 aromatic heterocycles. The molecule has 0 fully saturated rings. The summed E-state index contributed by atoms with van der Waals surface area (Å²) < 4.78 is 0. The number of anilines is 1. The molecule has 1 aromatic rings. The minimum absolute atomic E-state index is 0.619. The lowest BCUT2D eigenvalue weighted by Crippen LogP contribution is -2.29. The lowest BCUT2D eigenvalue weighted by atomic mass is 10.1. The number of nitrogens with zero attached hydrogens (tertiary/aromatic N) is 3. The van der Waals surface area contributed by atoms with Gasteiger partial charge >= 0.3 is 0 Å². The van der Waals surface area contributed by atoms with Gasteiger partial charge in [0.15, 0.2) is 0 Å². The predicted octanol–water partition coefficient (Wildman–Crippen LogP) is 1.62. The fourth-order valence-electron chi connectivity index (χ4n) is 1.95. The molecule has 0 aliphatic carbocycles. The van der Waals surface area contributed by atoms with Crippen LogP contribution in [0.1, 0.15) is 25.1 Å². The first-order valence-electron chi connectivity index (χ1n) is 5.77. The van der Waals surface area contributed by atoms with Crippen molar-refractivity contribution in [3.8, 4) is 0 Å². The Hall–Kier alpha value is -0.870. The van der Waals surface area contributed by atoms with Gasteiger partial charge in [-0.15, -0.1) is 0 Å². The molecule has 0 atom stereocenters. The van der Waals surface area contributed by atoms with E-state index in [1.165, 1.54) is 0 Å². The maximum Gasteiger partial charge on any atom is 0.227 e. The van der Waals surface area contributed by atoms with E-state index in [0.29, 0.717) is 5.15 Å². The number of halogens is 1. The van der Waals surface area contributed by atoms with Gasteiger partial charge in [0, 0.05) is 25.2 Å². The van der Waals surface area contributed by atoms with Crippen LogP contribution in [-0.2, 0) is 13.0 Å². The molecule has 0 saturated heterocycles. The highest BCUT2D eigenvalue weighted by Gasteiger charge is 2.17. The Bertz CT molecular complexity index is 376. The van der Waals surface area contributed by atoms with Crippen molar-refractivity contribution in [1.29, 1.82) is 0 Å². The first-order chi connectivity index (χ1) is 7.76. The van der Waals surface area contributed by atoms with Crippen molar-refractivity contribution in [1.82, 2.24) is 15.3 Å². The number of hydrogen-bond donors (Lipinski definition) is 1. The van der Waals surface area contributed by atoms with Crippen LogP contribution in [0, 0.1) is 0 Å². The Labute approximate surface area is 101 Å². The highest BCUT2D eigenvalue weighted by Crippen LogP contribution is 2.22. The minimum atomic E-state index is 0.619. The van der Waals surface area contributed by atoms with Gasteiger partial charge in [0.2, 0.25) is 5.95 Å². The van der Waals surface area contributed by atoms with E-state index in [0.717, 1.165) is 49.8 Å². The highest BCUT2D eigenvalue weighted by molar-refractivity contribution is 6.30. The van der Waals surface area contributed by atoms with Crippen LogP contribution >= 0.6 is 11.6 Å². The topological polar surface area (TPSA) is 41.1 Å². The van der Waals surface area contributed by atoms with Gasteiger partial charge in [-0.3, -0.25) is 0 Å². The van der Waals surface area contributed by atoms with Gasteiger partial charge in [-0.05, 0) is 26.8 Å². The maximum atomic E-state index is 6.20. The summed E-state index contributed by atoms with van der Waals surface area (Å²) in [6.07, 6.45) is 0.923. The van der Waals surface area contributed by atoms with E-state index >= 15 is 0 Å². The van der Waals surface area contributed by atoms with E-state index in [1.807, 2.05) is 0 Å². The lowest BCUT2D eigenvalue weighted by molar-refractivity contribution is 0.620. The van der Waals surface area contributed by atoms with Crippen molar-refractivity contribution in [2.24, 2.45) is 0 Å². The molecule has 0 aromatic carbocycles. The standard InChI is InChI=1S/C11H17ClN4/c1-3-16(4-2)11-14-9-7-13-6-5-8(9)10(12)15-11/h13H,3-7H2,1-2H3. The van der Waals surface area contributed by atoms with Crippen molar-refractivity contribution < 1.29 is 0 Å². The van der Waals surface area contributed by atoms with Gasteiger partial charge in [0.1, 0.15) is 5.15 Å². The molecule has 0 saturated carbocycles. The average molecular weight is 241 g/mol. The van der Waals surface area contributed by atoms with E-state index in [1.54, 1.807) is 0 Å². The van der Waals surface area contributed by atoms with Crippen molar-refractivity contribution >= 4 is 17.5 Å². The second-order valence-electron chi connectivity index (χ2n) is 3.84. The van der Waals surface area contributed by atoms with E-state index in [4.69, 9.17) is 11.6 Å². The third-order valence-electron chi connectivity index (χ3n) is 2.92. The van der Waals surface area contributed by atoms with Crippen LogP contribution < -0.4 is 10.2 Å². The second-order valence-corrected chi connectivity index (χ2v) is 4.20. The van der Waals surface area contributed by atoms with Crippen LogP contribution in [0.4, 0.5) is 5.95 Å². The molecule has 0 spiro atoms. The van der Waals surface area contributed by atoms with E-state index in [-0.39, 0.29) is 0 Å². The van der Waals surface area contributed by atoms with Crippen molar-refractivity contribution in [2.75, 3.05) is 24.5 Å². The van der Waals surface area contributed by atoms with Gasteiger partial charge in [-0.25, -0.2) is 9.97 Å². The summed E-state index contributed by atoms with van der Waals surface area (Å²) in [4.78, 5) is 11.1. The Kier molecular flexibility index (Phi) is 3.61. The van der Waals surface area contributed by atoms with Gasteiger partial charge in [0.05, 0.1) is 5.69 Å². The molecule has 5 heteroatoms. The normalized spacial score (nSPS) is 14.7. The first kappa shape index (κ1) is 11.6. The number of aromatic nitrogens is 2. The van der Waals surface area contributed by atoms with Gasteiger partial charge in [-0.1, -0.05) is 11.6 Å². The molecule has 1 N–H and O–H groups in total. The van der Waals surface area contributed by atoms with E-state index in [9.17, 15) is 0 Å². The minimum Gasteiger partial charge on any atom is -0.341 e. The molecule has 2 heterocycles. The van der Waals surface area contributed by atoms with E-state index < -0.39 is 0 Å². The van der Waals surface area contributed by atoms with E-state index in [2.05, 4.69) is 34.0 Å². The van der Waals surface area contributed by atoms with Crippen molar-refractivity contribution in [2.45, 2.75) is 26.8 Å². The monoisotopic (exact) mass is 240 g/mol. The lowest BCUT2D eigenvalue weighted by Gasteiger charge is -2.23. The smallest absolute Gasteiger partial charge is 0.227 e. The highest BCUT2D eigenvalue weighted by atomic mass is 35.5. The van der Waals surface area contributed by atoms with Crippen molar-refractivity contribution in [3.05, 3.63) is 16.4 Å². The van der Waals surface area contributed by atoms with Gasteiger partial charge in [-0.2, -0.15) is 0 Å². The summed E-state index contributed by atoms with van der Waals surface area (Å²) in [6.45, 7) is 7.75. The molecule has 0 amide bonds. The molecular weight excluding hydrogens is 224 g/mol. The Morgan fingerprint density at radius 1 is 1.31 bits per heavy atom. The van der Waals surface area contributed by atoms with Crippen LogP contribution in [0.5, 0.6) is 0 Å². The Morgan fingerprint density at radius 2 is 2.06 bits per heavy atom. The predicted molar refractivity (Wildman–Crippen MR) is 66.0 cm³/mol. The molecule has 0 bridgehead atoms. The van der Waals surface area contributed by atoms with Crippen LogP contribution in [0.3, 0.4) is 0 Å². The number of fused-ring (bicyclic) bond motifs is 1. The molecule has 16 heavy (non-hydrogen) atoms. The Balaban J connectivity index is 2.38. The molecule has 1 aliphatic rings. The fourth-order valence-corrected chi connectivity index (χ4v) is 2.23. The van der Waals surface area contributed by atoms with Crippen molar-refractivity contribution in [3.63, 3.8) is 0 Å². The molecule has 4 nitrogen and oxygen atoms in total. The third kappa shape index (κ3) is 2.13. The molecule has 0 unspecified atom stereocenters. The molecule has 2 rings (SSSR count). The quantitative estimate of drug-likeness (QED) is 0.816. The summed E-state index contributed by atoms with van der Waals surface area (Å²) in [5.74, 6) is 0.748. The first-order valence-corrected chi connectivity index (χ1v) is 6.15. The summed E-state index contributed by atoms with van der Waals surface area (Å²) in [7, 11) is 0. The van der Waals surface area contributed by atoms with Crippen LogP contribution in [0.25, 0.3) is 0 Å². The van der Waals surface area contributed by atoms with Crippen LogP contribution in [0.15, 0.2) is 0 Å². The summed E-state index contributed by atoms with van der Waals surface area (Å²) in [6, 6.07) is 0. The third-order valence-corrected chi connectivity index (χ3v) is 3.23. The zero-order chi connectivity index (χ0) is 11.5. The van der Waals surface area contributed by atoms with Gasteiger partial charge < -0.3 is 10.2 Å². The molecule has 1 aliphatic heterocycles. The maximum absolute atomic E-state index is 6.20. The molecule has 88 valence electrons. The van der Waals surface area contributed by atoms with Crippen LogP contribution in [0.2, 0.25) is 5.15 Å². The molecular formula is C11H17ClN4. The SMILES string of the molecule is CCN(CC)c1nc(Cl)c2c(n1)CNCC2. The van der Waals surface area contributed by atoms with Crippen LogP contribution in [-0.4, -0.2) is 29.6 Å². The largest absolute Gasteiger partial charge is 0.341 e. The average Bonchev–Trinajstić information content (AvgIpc) is 2.31. The second kappa shape index (κ2) is 4.97. The number of hydrogen-bond acceptors (Lipinski definition) is 4. The Morgan fingerprint density at radius 3 is 2.75 bits per heavy atom. The summed E-state index contributed by atoms with van der Waals surface area (Å²) >= 11 is 6.20. The summed E-state index contributed by atoms with van der Waals surface area (Å²) in [5.41, 5.74) is 2.16. The molecule has 0 radical (unpaired) electrons. The summed E-state index contributed by atoms with van der Waals surface area (Å²) in [5, 5.41) is 3.92. The zero-order valence-corrected chi connectivity index (χ0v) is 10.5.